The Kier molecular flexibility index (Phi) is 6.29. The minimum absolute atomic E-state index is 0.0464. The molecule has 1 heterocycles. The average molecular weight is 383 g/mol. The Hall–Kier alpha value is -2.89. The highest BCUT2D eigenvalue weighted by molar-refractivity contribution is 5.97. The first-order valence-electron chi connectivity index (χ1n) is 9.61. The van der Waals surface area contributed by atoms with Gasteiger partial charge >= 0.3 is 0 Å². The second kappa shape index (κ2) is 8.87. The first-order valence-corrected chi connectivity index (χ1v) is 9.61. The molecule has 1 aliphatic heterocycles. The van der Waals surface area contributed by atoms with Crippen molar-refractivity contribution in [1.82, 2.24) is 10.2 Å². The Balaban J connectivity index is 1.64. The molecule has 6 heteroatoms. The summed E-state index contributed by atoms with van der Waals surface area (Å²) in [7, 11) is 0. The van der Waals surface area contributed by atoms with Crippen LogP contribution < -0.4 is 10.2 Å². The van der Waals surface area contributed by atoms with Crippen LogP contribution in [0, 0.1) is 11.7 Å². The summed E-state index contributed by atoms with van der Waals surface area (Å²) in [5, 5.41) is 2.73. The molecule has 5 nitrogen and oxygen atoms in total. The molecule has 2 aromatic carbocycles. The van der Waals surface area contributed by atoms with Crippen molar-refractivity contribution in [2.45, 2.75) is 19.9 Å². The first kappa shape index (κ1) is 19.9. The number of piperazine rings is 1. The molecule has 0 saturated carbocycles. The van der Waals surface area contributed by atoms with Gasteiger partial charge in [-0.15, -0.1) is 0 Å². The number of anilines is 1. The molecule has 1 fully saturated rings. The van der Waals surface area contributed by atoms with E-state index in [9.17, 15) is 14.0 Å². The lowest BCUT2D eigenvalue weighted by molar-refractivity contribution is -0.134. The van der Waals surface area contributed by atoms with Crippen LogP contribution in [0.25, 0.3) is 0 Å². The standard InChI is InChI=1S/C22H26FN3O2/c1-16(2)20(24-21(27)18-10-6-7-11-19(18)23)22(28)26-14-12-25(13-15-26)17-8-4-3-5-9-17/h3-11,16,20H,12-15H2,1-2H3,(H,24,27). The summed E-state index contributed by atoms with van der Waals surface area (Å²) in [6.45, 7) is 6.41. The predicted octanol–water partition coefficient (Wildman–Crippen LogP) is 2.93. The minimum Gasteiger partial charge on any atom is -0.368 e. The second-order valence-electron chi connectivity index (χ2n) is 7.32. The van der Waals surface area contributed by atoms with Gasteiger partial charge in [-0.05, 0) is 30.2 Å². The van der Waals surface area contributed by atoms with Gasteiger partial charge in [-0.2, -0.15) is 0 Å². The Morgan fingerprint density at radius 1 is 0.929 bits per heavy atom. The second-order valence-corrected chi connectivity index (χ2v) is 7.32. The van der Waals surface area contributed by atoms with E-state index < -0.39 is 17.8 Å². The van der Waals surface area contributed by atoms with Crippen LogP contribution in [0.4, 0.5) is 10.1 Å². The van der Waals surface area contributed by atoms with Crippen LogP contribution in [0.5, 0.6) is 0 Å². The van der Waals surface area contributed by atoms with Crippen molar-refractivity contribution < 1.29 is 14.0 Å². The molecule has 0 aliphatic carbocycles. The molecule has 148 valence electrons. The van der Waals surface area contributed by atoms with Gasteiger partial charge in [-0.1, -0.05) is 44.2 Å². The van der Waals surface area contributed by atoms with Crippen molar-refractivity contribution in [2.75, 3.05) is 31.1 Å². The number of nitrogens with one attached hydrogen (secondary N) is 1. The van der Waals surface area contributed by atoms with Crippen LogP contribution in [0.15, 0.2) is 54.6 Å². The highest BCUT2D eigenvalue weighted by Gasteiger charge is 2.31. The van der Waals surface area contributed by atoms with E-state index in [1.54, 1.807) is 11.0 Å². The number of nitrogens with zero attached hydrogens (tertiary/aromatic N) is 2. The Labute approximate surface area is 165 Å². The van der Waals surface area contributed by atoms with E-state index in [1.807, 2.05) is 32.0 Å². The van der Waals surface area contributed by atoms with Crippen LogP contribution in [0.1, 0.15) is 24.2 Å². The van der Waals surface area contributed by atoms with Crippen molar-refractivity contribution >= 4 is 17.5 Å². The van der Waals surface area contributed by atoms with Gasteiger partial charge in [-0.25, -0.2) is 4.39 Å². The molecule has 0 aromatic heterocycles. The maximum Gasteiger partial charge on any atom is 0.254 e. The van der Waals surface area contributed by atoms with Crippen molar-refractivity contribution in [3.8, 4) is 0 Å². The Morgan fingerprint density at radius 2 is 1.54 bits per heavy atom. The maximum absolute atomic E-state index is 13.9. The summed E-state index contributed by atoms with van der Waals surface area (Å²) in [5.74, 6) is -1.37. The number of benzene rings is 2. The topological polar surface area (TPSA) is 52.7 Å². The van der Waals surface area contributed by atoms with Crippen molar-refractivity contribution in [3.05, 3.63) is 66.0 Å². The fraction of sp³-hybridized carbons (Fsp3) is 0.364. The number of halogens is 1. The van der Waals surface area contributed by atoms with Gasteiger partial charge in [0.15, 0.2) is 0 Å². The average Bonchev–Trinajstić information content (AvgIpc) is 2.72. The van der Waals surface area contributed by atoms with E-state index in [4.69, 9.17) is 0 Å². The third-order valence-corrected chi connectivity index (χ3v) is 5.05. The fourth-order valence-electron chi connectivity index (χ4n) is 3.40. The van der Waals surface area contributed by atoms with Gasteiger partial charge in [0.05, 0.1) is 5.56 Å². The SMILES string of the molecule is CC(C)C(NC(=O)c1ccccc1F)C(=O)N1CCN(c2ccccc2)CC1. The molecule has 1 unspecified atom stereocenters. The lowest BCUT2D eigenvalue weighted by atomic mass is 10.0. The van der Waals surface area contributed by atoms with Crippen molar-refractivity contribution in [1.29, 1.82) is 0 Å². The van der Waals surface area contributed by atoms with Gasteiger partial charge in [0.2, 0.25) is 5.91 Å². The zero-order valence-corrected chi connectivity index (χ0v) is 16.3. The third-order valence-electron chi connectivity index (χ3n) is 5.05. The number of amides is 2. The molecule has 1 aliphatic rings. The molecule has 28 heavy (non-hydrogen) atoms. The van der Waals surface area contributed by atoms with Crippen LogP contribution in [-0.2, 0) is 4.79 Å². The number of carbonyl (C=O) groups is 2. The number of hydrogen-bond donors (Lipinski definition) is 1. The fourth-order valence-corrected chi connectivity index (χ4v) is 3.40. The lowest BCUT2D eigenvalue weighted by Gasteiger charge is -2.38. The molecule has 0 radical (unpaired) electrons. The number of rotatable bonds is 5. The van der Waals surface area contributed by atoms with Crippen LogP contribution in [-0.4, -0.2) is 48.9 Å². The van der Waals surface area contributed by atoms with Crippen LogP contribution >= 0.6 is 0 Å². The van der Waals surface area contributed by atoms with Gasteiger partial charge in [0.1, 0.15) is 11.9 Å². The quantitative estimate of drug-likeness (QED) is 0.864. The number of para-hydroxylation sites is 1. The summed E-state index contributed by atoms with van der Waals surface area (Å²) in [6.07, 6.45) is 0. The largest absolute Gasteiger partial charge is 0.368 e. The van der Waals surface area contributed by atoms with E-state index in [-0.39, 0.29) is 17.4 Å². The highest BCUT2D eigenvalue weighted by atomic mass is 19.1. The van der Waals surface area contributed by atoms with E-state index in [0.29, 0.717) is 13.1 Å². The van der Waals surface area contributed by atoms with Gasteiger partial charge in [0.25, 0.3) is 5.91 Å². The molecule has 2 aromatic rings. The predicted molar refractivity (Wildman–Crippen MR) is 108 cm³/mol. The van der Waals surface area contributed by atoms with E-state index in [2.05, 4.69) is 22.3 Å². The van der Waals surface area contributed by atoms with Crippen LogP contribution in [0.3, 0.4) is 0 Å². The monoisotopic (exact) mass is 383 g/mol. The van der Waals surface area contributed by atoms with Crippen molar-refractivity contribution in [3.63, 3.8) is 0 Å². The molecular formula is C22H26FN3O2. The first-order chi connectivity index (χ1) is 13.5. The lowest BCUT2D eigenvalue weighted by Crippen LogP contribution is -2.56. The number of carbonyl (C=O) groups excluding carboxylic acids is 2. The van der Waals surface area contributed by atoms with Crippen LogP contribution in [0.2, 0.25) is 0 Å². The molecule has 0 bridgehead atoms. The maximum atomic E-state index is 13.9. The molecular weight excluding hydrogens is 357 g/mol. The number of hydrogen-bond acceptors (Lipinski definition) is 3. The summed E-state index contributed by atoms with van der Waals surface area (Å²) >= 11 is 0. The van der Waals surface area contributed by atoms with E-state index >= 15 is 0 Å². The molecule has 1 N–H and O–H groups in total. The molecule has 3 rings (SSSR count). The van der Waals surface area contributed by atoms with Gasteiger partial charge in [-0.3, -0.25) is 9.59 Å². The van der Waals surface area contributed by atoms with E-state index in [0.717, 1.165) is 18.8 Å². The smallest absolute Gasteiger partial charge is 0.254 e. The summed E-state index contributed by atoms with van der Waals surface area (Å²) in [5.41, 5.74) is 1.10. The minimum atomic E-state index is -0.685. The molecule has 1 saturated heterocycles. The zero-order chi connectivity index (χ0) is 20.1. The van der Waals surface area contributed by atoms with E-state index in [1.165, 1.54) is 18.2 Å². The molecule has 2 amide bonds. The Morgan fingerprint density at radius 3 is 2.14 bits per heavy atom. The van der Waals surface area contributed by atoms with Gasteiger partial charge in [0, 0.05) is 31.9 Å². The molecule has 0 spiro atoms. The third kappa shape index (κ3) is 4.50. The summed E-state index contributed by atoms with van der Waals surface area (Å²) < 4.78 is 13.9. The zero-order valence-electron chi connectivity index (χ0n) is 16.3. The van der Waals surface area contributed by atoms with Gasteiger partial charge < -0.3 is 15.1 Å². The highest BCUT2D eigenvalue weighted by Crippen LogP contribution is 2.17. The normalized spacial score (nSPS) is 15.4. The summed E-state index contributed by atoms with van der Waals surface area (Å²) in [6, 6.07) is 15.2. The Bertz CT molecular complexity index is 818. The van der Waals surface area contributed by atoms with Crippen molar-refractivity contribution in [2.24, 2.45) is 5.92 Å². The summed E-state index contributed by atoms with van der Waals surface area (Å²) in [4.78, 5) is 29.5. The molecule has 1 atom stereocenters.